The lowest BCUT2D eigenvalue weighted by molar-refractivity contribution is -0.124. The molecule has 5 nitrogen and oxygen atoms in total. The van der Waals surface area contributed by atoms with Crippen LogP contribution in [-0.4, -0.2) is 17.5 Å². The highest BCUT2D eigenvalue weighted by molar-refractivity contribution is 6.01. The van der Waals surface area contributed by atoms with Gasteiger partial charge in [0.1, 0.15) is 0 Å². The molecular formula is C22H29N3O2. The quantitative estimate of drug-likeness (QED) is 0.577. The first-order valence-electron chi connectivity index (χ1n) is 9.31. The van der Waals surface area contributed by atoms with Gasteiger partial charge >= 0.3 is 0 Å². The number of nitrogens with one attached hydrogen (secondary N) is 2. The maximum Gasteiger partial charge on any atom is 0.240 e. The minimum absolute atomic E-state index is 0.0974. The maximum absolute atomic E-state index is 12.1. The molecule has 0 saturated heterocycles. The Bertz CT molecular complexity index is 806. The Morgan fingerprint density at radius 3 is 2.56 bits per heavy atom. The maximum atomic E-state index is 12.1. The Kier molecular flexibility index (Phi) is 7.11. The van der Waals surface area contributed by atoms with Crippen LogP contribution in [0.5, 0.6) is 0 Å². The average Bonchev–Trinajstić information content (AvgIpc) is 2.61. The molecule has 144 valence electrons. The van der Waals surface area contributed by atoms with Crippen molar-refractivity contribution in [1.29, 1.82) is 0 Å². The zero-order valence-electron chi connectivity index (χ0n) is 16.7. The molecule has 0 aliphatic heterocycles. The van der Waals surface area contributed by atoms with Crippen molar-refractivity contribution in [2.45, 2.75) is 53.4 Å². The lowest BCUT2D eigenvalue weighted by Crippen LogP contribution is -2.24. The van der Waals surface area contributed by atoms with Crippen LogP contribution in [0.25, 0.3) is 0 Å². The van der Waals surface area contributed by atoms with Gasteiger partial charge in [-0.3, -0.25) is 9.59 Å². The number of carbonyl (C=O) groups excluding carboxylic acids is 2. The van der Waals surface area contributed by atoms with E-state index in [0.717, 1.165) is 46.5 Å². The van der Waals surface area contributed by atoms with Gasteiger partial charge in [-0.05, 0) is 63.7 Å². The summed E-state index contributed by atoms with van der Waals surface area (Å²) >= 11 is 0. The van der Waals surface area contributed by atoms with Crippen LogP contribution in [0.15, 0.2) is 47.1 Å². The molecule has 2 amide bonds. The second-order valence-electron chi connectivity index (χ2n) is 7.33. The molecule has 5 heteroatoms. The van der Waals surface area contributed by atoms with Crippen LogP contribution in [-0.2, 0) is 9.59 Å². The van der Waals surface area contributed by atoms with Gasteiger partial charge in [0.05, 0.1) is 5.71 Å². The van der Waals surface area contributed by atoms with Gasteiger partial charge in [-0.15, -0.1) is 0 Å². The molecule has 1 aromatic rings. The van der Waals surface area contributed by atoms with Crippen LogP contribution < -0.4 is 10.7 Å². The molecule has 1 aliphatic carbocycles. The minimum atomic E-state index is -0.261. The van der Waals surface area contributed by atoms with E-state index < -0.39 is 0 Å². The minimum Gasteiger partial charge on any atom is -0.326 e. The van der Waals surface area contributed by atoms with Crippen LogP contribution >= 0.6 is 0 Å². The lowest BCUT2D eigenvalue weighted by Gasteiger charge is -2.22. The van der Waals surface area contributed by atoms with E-state index in [0.29, 0.717) is 5.92 Å². The molecule has 27 heavy (non-hydrogen) atoms. The fraction of sp³-hybridized carbons (Fsp3) is 0.409. The lowest BCUT2D eigenvalue weighted by atomic mass is 9.85. The van der Waals surface area contributed by atoms with E-state index in [9.17, 15) is 9.59 Å². The molecule has 0 saturated carbocycles. The van der Waals surface area contributed by atoms with E-state index in [1.165, 1.54) is 0 Å². The van der Waals surface area contributed by atoms with E-state index in [1.54, 1.807) is 0 Å². The largest absolute Gasteiger partial charge is 0.326 e. The molecule has 1 atom stereocenters. The van der Waals surface area contributed by atoms with Crippen LogP contribution in [0.4, 0.5) is 5.69 Å². The van der Waals surface area contributed by atoms with Crippen LogP contribution in [0.1, 0.15) is 50.7 Å². The number of aryl methyl sites for hydroxylation is 2. The molecule has 0 fully saturated rings. The Balaban J connectivity index is 1.83. The van der Waals surface area contributed by atoms with E-state index in [-0.39, 0.29) is 24.7 Å². The summed E-state index contributed by atoms with van der Waals surface area (Å²) in [6.07, 6.45) is 4.09. The SMILES string of the molecule is C=C(C)[C@H]1CC=C(C)/C(=N\NC(=O)CCC(=O)Nc2ccc(C)cc2C)C1. The van der Waals surface area contributed by atoms with Gasteiger partial charge in [0, 0.05) is 18.5 Å². The molecule has 2 N–H and O–H groups in total. The summed E-state index contributed by atoms with van der Waals surface area (Å²) in [5.41, 5.74) is 8.59. The number of hydrogen-bond donors (Lipinski definition) is 2. The molecule has 2 rings (SSSR count). The molecule has 0 spiro atoms. The monoisotopic (exact) mass is 367 g/mol. The highest BCUT2D eigenvalue weighted by Crippen LogP contribution is 2.26. The predicted octanol–water partition coefficient (Wildman–Crippen LogP) is 4.43. The summed E-state index contributed by atoms with van der Waals surface area (Å²) in [4.78, 5) is 24.1. The Morgan fingerprint density at radius 2 is 1.89 bits per heavy atom. The second kappa shape index (κ2) is 9.31. The average molecular weight is 367 g/mol. The first-order valence-corrected chi connectivity index (χ1v) is 9.31. The number of carbonyl (C=O) groups is 2. The molecule has 0 heterocycles. The molecular weight excluding hydrogens is 338 g/mol. The third-order valence-corrected chi connectivity index (χ3v) is 4.85. The van der Waals surface area contributed by atoms with E-state index >= 15 is 0 Å². The number of amides is 2. The third kappa shape index (κ3) is 6.20. The number of rotatable bonds is 6. The number of nitrogens with zero attached hydrogens (tertiary/aromatic N) is 1. The van der Waals surface area contributed by atoms with Gasteiger partial charge in [0.15, 0.2) is 0 Å². The number of anilines is 1. The first-order chi connectivity index (χ1) is 12.8. The van der Waals surface area contributed by atoms with Crippen LogP contribution in [0.3, 0.4) is 0 Å². The second-order valence-corrected chi connectivity index (χ2v) is 7.33. The van der Waals surface area contributed by atoms with Gasteiger partial charge in [0.2, 0.25) is 11.8 Å². The highest BCUT2D eigenvalue weighted by atomic mass is 16.2. The topological polar surface area (TPSA) is 70.6 Å². The normalized spacial score (nSPS) is 18.0. The van der Waals surface area contributed by atoms with Crippen molar-refractivity contribution in [2.24, 2.45) is 11.0 Å². The van der Waals surface area contributed by atoms with Crippen molar-refractivity contribution in [2.75, 3.05) is 5.32 Å². The van der Waals surface area contributed by atoms with Gasteiger partial charge < -0.3 is 5.32 Å². The summed E-state index contributed by atoms with van der Waals surface area (Å²) in [5, 5.41) is 7.11. The smallest absolute Gasteiger partial charge is 0.240 e. The number of hydrogen-bond acceptors (Lipinski definition) is 3. The molecule has 1 aromatic carbocycles. The summed E-state index contributed by atoms with van der Waals surface area (Å²) in [5.74, 6) is -0.0720. The summed E-state index contributed by atoms with van der Waals surface area (Å²) in [6, 6.07) is 5.84. The number of allylic oxidation sites excluding steroid dienone is 3. The van der Waals surface area contributed by atoms with Gasteiger partial charge in [-0.1, -0.05) is 35.9 Å². The van der Waals surface area contributed by atoms with Crippen molar-refractivity contribution in [3.8, 4) is 0 Å². The van der Waals surface area contributed by atoms with E-state index in [1.807, 2.05) is 45.9 Å². The number of hydrazone groups is 1. The van der Waals surface area contributed by atoms with Gasteiger partial charge in [-0.25, -0.2) is 5.43 Å². The molecule has 0 bridgehead atoms. The Morgan fingerprint density at radius 1 is 1.19 bits per heavy atom. The summed E-state index contributed by atoms with van der Waals surface area (Å²) < 4.78 is 0. The van der Waals surface area contributed by atoms with Crippen molar-refractivity contribution in [3.05, 3.63) is 53.1 Å². The fourth-order valence-corrected chi connectivity index (χ4v) is 3.00. The zero-order valence-corrected chi connectivity index (χ0v) is 16.7. The molecule has 0 aromatic heterocycles. The van der Waals surface area contributed by atoms with Crippen molar-refractivity contribution in [3.63, 3.8) is 0 Å². The standard InChI is InChI=1S/C22H29N3O2/c1-14(2)18-8-7-16(4)20(13-18)24-25-22(27)11-10-21(26)23-19-9-6-15(3)12-17(19)5/h6-7,9,12,18H,1,8,10-11,13H2,2-5H3,(H,23,26)(H,25,27)/b24-20-/t18-/m0/s1. The zero-order chi connectivity index (χ0) is 20.0. The van der Waals surface area contributed by atoms with Crippen molar-refractivity contribution >= 4 is 23.2 Å². The Hall–Kier alpha value is -2.69. The molecule has 0 unspecified atom stereocenters. The molecule has 1 aliphatic rings. The van der Waals surface area contributed by atoms with Crippen LogP contribution in [0, 0.1) is 19.8 Å². The summed E-state index contributed by atoms with van der Waals surface area (Å²) in [6.45, 7) is 12.0. The summed E-state index contributed by atoms with van der Waals surface area (Å²) in [7, 11) is 0. The fourth-order valence-electron chi connectivity index (χ4n) is 3.00. The van der Waals surface area contributed by atoms with E-state index in [4.69, 9.17) is 0 Å². The third-order valence-electron chi connectivity index (χ3n) is 4.85. The van der Waals surface area contributed by atoms with Gasteiger partial charge in [0.25, 0.3) is 0 Å². The predicted molar refractivity (Wildman–Crippen MR) is 111 cm³/mol. The van der Waals surface area contributed by atoms with Gasteiger partial charge in [-0.2, -0.15) is 5.10 Å². The van der Waals surface area contributed by atoms with Crippen molar-refractivity contribution < 1.29 is 9.59 Å². The molecule has 0 radical (unpaired) electrons. The Labute approximate surface area is 161 Å². The van der Waals surface area contributed by atoms with Crippen molar-refractivity contribution in [1.82, 2.24) is 5.43 Å². The first kappa shape index (κ1) is 20.6. The van der Waals surface area contributed by atoms with E-state index in [2.05, 4.69) is 28.5 Å². The highest BCUT2D eigenvalue weighted by Gasteiger charge is 2.19. The number of benzene rings is 1. The van der Waals surface area contributed by atoms with Crippen LogP contribution in [0.2, 0.25) is 0 Å².